The van der Waals surface area contributed by atoms with Crippen LogP contribution in [0.25, 0.3) is 10.9 Å². The molecule has 1 amide bonds. The molecule has 176 valence electrons. The van der Waals surface area contributed by atoms with Crippen molar-refractivity contribution in [2.45, 2.75) is 26.3 Å². The number of fused-ring (bicyclic) bond motifs is 1. The van der Waals surface area contributed by atoms with E-state index in [0.717, 1.165) is 68.8 Å². The van der Waals surface area contributed by atoms with E-state index in [9.17, 15) is 4.79 Å². The third kappa shape index (κ3) is 5.83. The fourth-order valence-corrected chi connectivity index (χ4v) is 4.05. The zero-order valence-electron chi connectivity index (χ0n) is 19.5. The summed E-state index contributed by atoms with van der Waals surface area (Å²) in [4.78, 5) is 16.9. The highest BCUT2D eigenvalue weighted by atomic mass is 16.5. The monoisotopic (exact) mass is 451 g/mol. The summed E-state index contributed by atoms with van der Waals surface area (Å²) in [6, 6.07) is 11.0. The van der Waals surface area contributed by atoms with Gasteiger partial charge in [0.25, 0.3) is 5.91 Å². The third-order valence-corrected chi connectivity index (χ3v) is 5.98. The lowest BCUT2D eigenvalue weighted by Crippen LogP contribution is -2.44. The number of nitrogens with zero attached hydrogens (tertiary/aromatic N) is 4. The predicted octanol–water partition coefficient (Wildman–Crippen LogP) is 3.35. The van der Waals surface area contributed by atoms with Gasteiger partial charge in [-0.05, 0) is 50.2 Å². The summed E-state index contributed by atoms with van der Waals surface area (Å²) in [5, 5.41) is 5.27. The third-order valence-electron chi connectivity index (χ3n) is 5.98. The summed E-state index contributed by atoms with van der Waals surface area (Å²) in [6.07, 6.45) is 3.70. The Hall–Kier alpha value is -3.10. The first-order valence-electron chi connectivity index (χ1n) is 11.6. The molecule has 0 bridgehead atoms. The first kappa shape index (κ1) is 23.1. The molecule has 0 saturated carbocycles. The van der Waals surface area contributed by atoms with Crippen LogP contribution in [0.2, 0.25) is 0 Å². The van der Waals surface area contributed by atoms with E-state index in [4.69, 9.17) is 15.2 Å². The van der Waals surface area contributed by atoms with E-state index in [1.54, 1.807) is 12.3 Å². The van der Waals surface area contributed by atoms with Crippen molar-refractivity contribution in [3.63, 3.8) is 0 Å². The molecular formula is C25H33N5O3. The summed E-state index contributed by atoms with van der Waals surface area (Å²) < 4.78 is 13.8. The van der Waals surface area contributed by atoms with Crippen LogP contribution in [0, 0.1) is 0 Å². The number of amides is 1. The number of hydrogen-bond donors (Lipinski definition) is 1. The van der Waals surface area contributed by atoms with Gasteiger partial charge in [0.05, 0.1) is 23.9 Å². The van der Waals surface area contributed by atoms with Gasteiger partial charge in [-0.15, -0.1) is 0 Å². The fraction of sp³-hybridized carbons (Fsp3) is 0.440. The van der Waals surface area contributed by atoms with Crippen molar-refractivity contribution >= 4 is 16.8 Å². The Morgan fingerprint density at radius 2 is 1.79 bits per heavy atom. The van der Waals surface area contributed by atoms with Crippen LogP contribution in [-0.4, -0.2) is 71.9 Å². The van der Waals surface area contributed by atoms with Gasteiger partial charge in [-0.1, -0.05) is 6.92 Å². The van der Waals surface area contributed by atoms with Gasteiger partial charge < -0.3 is 25.0 Å². The van der Waals surface area contributed by atoms with Crippen LogP contribution in [-0.2, 0) is 6.54 Å². The van der Waals surface area contributed by atoms with Crippen LogP contribution in [0.1, 0.15) is 30.1 Å². The molecule has 2 heterocycles. The number of carbonyl (C=O) groups is 1. The van der Waals surface area contributed by atoms with Crippen molar-refractivity contribution in [2.75, 3.05) is 46.4 Å². The van der Waals surface area contributed by atoms with Gasteiger partial charge in [0.1, 0.15) is 17.2 Å². The number of likely N-dealkylation sites (N-methyl/N-ethyl adjacent to an activating group) is 1. The van der Waals surface area contributed by atoms with Gasteiger partial charge in [0.15, 0.2) is 0 Å². The van der Waals surface area contributed by atoms with Crippen molar-refractivity contribution in [2.24, 2.45) is 5.73 Å². The Labute approximate surface area is 194 Å². The SMILES string of the molecule is CCCn1ncc2cc(C(N)=O)c(Oc3ccc(OCCCN4CCN(C)CC4)cc3)cc21. The Morgan fingerprint density at radius 1 is 1.06 bits per heavy atom. The molecule has 2 N–H and O–H groups in total. The number of aryl methyl sites for hydroxylation is 1. The van der Waals surface area contributed by atoms with Gasteiger partial charge >= 0.3 is 0 Å². The van der Waals surface area contributed by atoms with E-state index in [0.29, 0.717) is 23.7 Å². The minimum Gasteiger partial charge on any atom is -0.494 e. The highest BCUT2D eigenvalue weighted by molar-refractivity contribution is 6.00. The first-order chi connectivity index (χ1) is 16.0. The number of aromatic nitrogens is 2. The normalized spacial score (nSPS) is 15.1. The van der Waals surface area contributed by atoms with E-state index < -0.39 is 5.91 Å². The molecular weight excluding hydrogens is 418 g/mol. The smallest absolute Gasteiger partial charge is 0.252 e. The zero-order chi connectivity index (χ0) is 23.2. The summed E-state index contributed by atoms with van der Waals surface area (Å²) >= 11 is 0. The van der Waals surface area contributed by atoms with Gasteiger partial charge in [-0.2, -0.15) is 5.10 Å². The molecule has 8 heteroatoms. The summed E-state index contributed by atoms with van der Waals surface area (Å²) in [5.74, 6) is 1.31. The number of piperazine rings is 1. The number of carbonyl (C=O) groups excluding carboxylic acids is 1. The predicted molar refractivity (Wildman–Crippen MR) is 129 cm³/mol. The van der Waals surface area contributed by atoms with Gasteiger partial charge in [-0.25, -0.2) is 0 Å². The molecule has 8 nitrogen and oxygen atoms in total. The van der Waals surface area contributed by atoms with Crippen LogP contribution in [0.5, 0.6) is 17.2 Å². The molecule has 2 aromatic carbocycles. The Morgan fingerprint density at radius 3 is 2.48 bits per heavy atom. The second-order valence-corrected chi connectivity index (χ2v) is 8.56. The average Bonchev–Trinajstić information content (AvgIpc) is 3.20. The van der Waals surface area contributed by atoms with Crippen LogP contribution in [0.3, 0.4) is 0 Å². The summed E-state index contributed by atoms with van der Waals surface area (Å²) in [7, 11) is 2.17. The molecule has 0 unspecified atom stereocenters. The molecule has 1 aliphatic heterocycles. The maximum atomic E-state index is 12.0. The number of ether oxygens (including phenoxy) is 2. The highest BCUT2D eigenvalue weighted by Gasteiger charge is 2.15. The van der Waals surface area contributed by atoms with Gasteiger partial charge in [0, 0.05) is 50.7 Å². The molecule has 4 rings (SSSR count). The van der Waals surface area contributed by atoms with E-state index in [1.807, 2.05) is 35.0 Å². The molecule has 0 aliphatic carbocycles. The highest BCUT2D eigenvalue weighted by Crippen LogP contribution is 2.31. The topological polar surface area (TPSA) is 85.8 Å². The maximum Gasteiger partial charge on any atom is 0.252 e. The molecule has 0 radical (unpaired) electrons. The van der Waals surface area contributed by atoms with Crippen LogP contribution in [0.15, 0.2) is 42.6 Å². The lowest BCUT2D eigenvalue weighted by molar-refractivity contribution is 0.0998. The Balaban J connectivity index is 1.36. The standard InChI is InChI=1S/C25H33N5O3/c1-3-9-30-23-17-24(22(25(26)31)16-19(23)18-27-30)33-21-7-5-20(6-8-21)32-15-4-10-29-13-11-28(2)12-14-29/h5-8,16-18H,3-4,9-15H2,1-2H3,(H2,26,31). The van der Waals surface area contributed by atoms with E-state index in [-0.39, 0.29) is 0 Å². The number of benzene rings is 2. The number of hydrogen-bond acceptors (Lipinski definition) is 6. The van der Waals surface area contributed by atoms with Crippen molar-refractivity contribution in [3.05, 3.63) is 48.2 Å². The maximum absolute atomic E-state index is 12.0. The molecule has 0 spiro atoms. The van der Waals surface area contributed by atoms with Crippen LogP contribution < -0.4 is 15.2 Å². The Bertz CT molecular complexity index is 1070. The number of rotatable bonds is 10. The molecule has 33 heavy (non-hydrogen) atoms. The molecule has 3 aromatic rings. The minimum absolute atomic E-state index is 0.336. The summed E-state index contributed by atoms with van der Waals surface area (Å²) in [5.41, 5.74) is 6.86. The second-order valence-electron chi connectivity index (χ2n) is 8.56. The van der Waals surface area contributed by atoms with Gasteiger partial charge in [-0.3, -0.25) is 9.48 Å². The molecule has 1 saturated heterocycles. The lowest BCUT2D eigenvalue weighted by Gasteiger charge is -2.32. The van der Waals surface area contributed by atoms with E-state index in [2.05, 4.69) is 28.9 Å². The summed E-state index contributed by atoms with van der Waals surface area (Å²) in [6.45, 7) is 9.14. The molecule has 0 atom stereocenters. The number of nitrogens with two attached hydrogens (primary N) is 1. The van der Waals surface area contributed by atoms with E-state index >= 15 is 0 Å². The quantitative estimate of drug-likeness (QED) is 0.476. The van der Waals surface area contributed by atoms with Crippen molar-refractivity contribution in [1.29, 1.82) is 0 Å². The number of primary amides is 1. The Kier molecular flexibility index (Phi) is 7.47. The lowest BCUT2D eigenvalue weighted by atomic mass is 10.1. The van der Waals surface area contributed by atoms with Crippen LogP contribution >= 0.6 is 0 Å². The van der Waals surface area contributed by atoms with Crippen LogP contribution in [0.4, 0.5) is 0 Å². The van der Waals surface area contributed by atoms with Crippen molar-refractivity contribution in [3.8, 4) is 17.2 Å². The largest absolute Gasteiger partial charge is 0.494 e. The molecule has 1 fully saturated rings. The van der Waals surface area contributed by atoms with Crippen molar-refractivity contribution in [1.82, 2.24) is 19.6 Å². The van der Waals surface area contributed by atoms with Gasteiger partial charge in [0.2, 0.25) is 0 Å². The second kappa shape index (κ2) is 10.7. The average molecular weight is 452 g/mol. The first-order valence-corrected chi connectivity index (χ1v) is 11.6. The zero-order valence-corrected chi connectivity index (χ0v) is 19.5. The molecule has 1 aliphatic rings. The minimum atomic E-state index is -0.532. The van der Waals surface area contributed by atoms with Crippen molar-refractivity contribution < 1.29 is 14.3 Å². The van der Waals surface area contributed by atoms with E-state index in [1.165, 1.54) is 0 Å². The molecule has 1 aromatic heterocycles. The fourth-order valence-electron chi connectivity index (χ4n) is 4.05.